The molecule has 0 aliphatic carbocycles. The molecule has 0 spiro atoms. The van der Waals surface area contributed by atoms with Crippen molar-refractivity contribution in [2.45, 2.75) is 51.5 Å². The van der Waals surface area contributed by atoms with Crippen LogP contribution >= 0.6 is 0 Å². The Morgan fingerprint density at radius 3 is 2.24 bits per heavy atom. The molecule has 1 amide bonds. The first kappa shape index (κ1) is 27.8. The number of para-hydroxylation sites is 1. The fourth-order valence-corrected chi connectivity index (χ4v) is 6.12. The summed E-state index contributed by atoms with van der Waals surface area (Å²) in [6, 6.07) is 37.5. The van der Waals surface area contributed by atoms with Gasteiger partial charge >= 0.3 is 0 Å². The van der Waals surface area contributed by atoms with Gasteiger partial charge in [-0.1, -0.05) is 91.0 Å². The molecule has 1 aromatic heterocycles. The van der Waals surface area contributed by atoms with Crippen LogP contribution in [0.3, 0.4) is 0 Å². The summed E-state index contributed by atoms with van der Waals surface area (Å²) in [5.74, 6) is 0.820. The first-order chi connectivity index (χ1) is 20.5. The van der Waals surface area contributed by atoms with Gasteiger partial charge in [-0.3, -0.25) is 4.79 Å². The van der Waals surface area contributed by atoms with Gasteiger partial charge in [-0.15, -0.1) is 0 Å². The maximum absolute atomic E-state index is 13.9. The van der Waals surface area contributed by atoms with Gasteiger partial charge in [-0.25, -0.2) is 0 Å². The quantitative estimate of drug-likeness (QED) is 0.189. The highest BCUT2D eigenvalue weighted by atomic mass is 16.5. The Kier molecular flexibility index (Phi) is 8.38. The molecule has 1 fully saturated rings. The summed E-state index contributed by atoms with van der Waals surface area (Å²) in [6.45, 7) is 6.57. The summed E-state index contributed by atoms with van der Waals surface area (Å²) < 4.78 is 14.5. The van der Waals surface area contributed by atoms with E-state index in [0.717, 1.165) is 29.0 Å². The Morgan fingerprint density at radius 2 is 1.50 bits per heavy atom. The predicted molar refractivity (Wildman–Crippen MR) is 168 cm³/mol. The van der Waals surface area contributed by atoms with Crippen molar-refractivity contribution in [1.29, 1.82) is 0 Å². The van der Waals surface area contributed by atoms with Crippen LogP contribution < -0.4 is 4.74 Å². The summed E-state index contributed by atoms with van der Waals surface area (Å²) in [4.78, 5) is 15.9. The number of fused-ring (bicyclic) bond motifs is 1. The van der Waals surface area contributed by atoms with Gasteiger partial charge in [0.2, 0.25) is 5.91 Å². The molecule has 5 nitrogen and oxygen atoms in total. The van der Waals surface area contributed by atoms with Crippen LogP contribution in [-0.4, -0.2) is 40.7 Å². The minimum Gasteiger partial charge on any atom is -0.489 e. The van der Waals surface area contributed by atoms with Crippen LogP contribution in [0.1, 0.15) is 48.4 Å². The van der Waals surface area contributed by atoms with E-state index in [9.17, 15) is 4.79 Å². The van der Waals surface area contributed by atoms with Crippen molar-refractivity contribution < 1.29 is 14.3 Å². The molecule has 6 rings (SSSR count). The molecule has 0 N–H and O–H groups in total. The van der Waals surface area contributed by atoms with Crippen LogP contribution in [0.4, 0.5) is 0 Å². The van der Waals surface area contributed by atoms with Crippen LogP contribution in [-0.2, 0) is 22.7 Å². The molecule has 3 atom stereocenters. The maximum Gasteiger partial charge on any atom is 0.223 e. The number of hydrogen-bond acceptors (Lipinski definition) is 3. The van der Waals surface area contributed by atoms with E-state index in [0.29, 0.717) is 26.1 Å². The lowest BCUT2D eigenvalue weighted by atomic mass is 9.87. The molecule has 1 aliphatic rings. The van der Waals surface area contributed by atoms with Crippen molar-refractivity contribution in [1.82, 2.24) is 9.47 Å². The van der Waals surface area contributed by atoms with Crippen molar-refractivity contribution in [3.8, 4) is 5.75 Å². The molecule has 2 heterocycles. The summed E-state index contributed by atoms with van der Waals surface area (Å²) in [6.07, 6.45) is 2.68. The molecule has 5 aromatic rings. The van der Waals surface area contributed by atoms with Crippen molar-refractivity contribution >= 4 is 16.8 Å². The topological polar surface area (TPSA) is 43.7 Å². The zero-order valence-electron chi connectivity index (χ0n) is 24.4. The number of nitrogens with zero attached hydrogens (tertiary/aromatic N) is 2. The maximum atomic E-state index is 13.9. The highest BCUT2D eigenvalue weighted by Gasteiger charge is 2.30. The second-order valence-corrected chi connectivity index (χ2v) is 11.4. The van der Waals surface area contributed by atoms with Gasteiger partial charge in [0.1, 0.15) is 12.4 Å². The Balaban J connectivity index is 1.37. The second-order valence-electron chi connectivity index (χ2n) is 11.4. The molecule has 1 aliphatic heterocycles. The largest absolute Gasteiger partial charge is 0.489 e. The fraction of sp³-hybridized carbons (Fsp3) is 0.270. The Hall–Kier alpha value is -4.35. The van der Waals surface area contributed by atoms with Gasteiger partial charge in [0.05, 0.1) is 12.2 Å². The summed E-state index contributed by atoms with van der Waals surface area (Å²) in [7, 11) is 0. The molecule has 214 valence electrons. The van der Waals surface area contributed by atoms with E-state index in [1.807, 2.05) is 55.1 Å². The van der Waals surface area contributed by atoms with Gasteiger partial charge in [0.25, 0.3) is 0 Å². The highest BCUT2D eigenvalue weighted by Crippen LogP contribution is 2.37. The van der Waals surface area contributed by atoms with Crippen molar-refractivity contribution in [2.75, 3.05) is 13.1 Å². The number of rotatable bonds is 9. The molecule has 0 saturated carbocycles. The van der Waals surface area contributed by atoms with E-state index in [1.54, 1.807) is 0 Å². The van der Waals surface area contributed by atoms with Gasteiger partial charge < -0.3 is 18.9 Å². The molecule has 0 bridgehead atoms. The normalized spacial score (nSPS) is 17.7. The zero-order valence-corrected chi connectivity index (χ0v) is 24.4. The first-order valence-corrected chi connectivity index (χ1v) is 14.8. The fourth-order valence-electron chi connectivity index (χ4n) is 6.12. The van der Waals surface area contributed by atoms with E-state index in [4.69, 9.17) is 9.47 Å². The molecule has 0 radical (unpaired) electrons. The van der Waals surface area contributed by atoms with Crippen LogP contribution in [0.25, 0.3) is 10.9 Å². The smallest absolute Gasteiger partial charge is 0.223 e. The summed E-state index contributed by atoms with van der Waals surface area (Å²) in [5, 5.41) is 1.17. The Bertz CT molecular complexity index is 1620. The van der Waals surface area contributed by atoms with Crippen molar-refractivity contribution in [3.05, 3.63) is 138 Å². The Morgan fingerprint density at radius 1 is 0.833 bits per heavy atom. The molecule has 5 heteroatoms. The van der Waals surface area contributed by atoms with Gasteiger partial charge in [-0.2, -0.15) is 0 Å². The van der Waals surface area contributed by atoms with E-state index < -0.39 is 0 Å². The molecule has 0 unspecified atom stereocenters. The van der Waals surface area contributed by atoms with Gasteiger partial charge in [0.15, 0.2) is 0 Å². The van der Waals surface area contributed by atoms with E-state index in [-0.39, 0.29) is 24.0 Å². The number of carbonyl (C=O) groups is 1. The number of amides is 1. The van der Waals surface area contributed by atoms with Gasteiger partial charge in [0, 0.05) is 49.1 Å². The lowest BCUT2D eigenvalue weighted by molar-refractivity contribution is -0.143. The van der Waals surface area contributed by atoms with Crippen molar-refractivity contribution in [2.24, 2.45) is 0 Å². The summed E-state index contributed by atoms with van der Waals surface area (Å²) >= 11 is 0. The number of morpholine rings is 1. The van der Waals surface area contributed by atoms with Crippen LogP contribution in [0.5, 0.6) is 5.75 Å². The van der Waals surface area contributed by atoms with Crippen LogP contribution in [0, 0.1) is 0 Å². The van der Waals surface area contributed by atoms with E-state index in [1.165, 1.54) is 16.5 Å². The first-order valence-electron chi connectivity index (χ1n) is 14.8. The molecular formula is C37H38N2O3. The number of carbonyl (C=O) groups excluding carboxylic acids is 1. The third-order valence-corrected chi connectivity index (χ3v) is 8.05. The zero-order chi connectivity index (χ0) is 28.9. The average molecular weight is 559 g/mol. The predicted octanol–water partition coefficient (Wildman–Crippen LogP) is 7.43. The standard InChI is InChI=1S/C37H38N2O3/c1-27-22-39(23-28(2)42-27)37(40)21-34(31-16-11-17-32(20-31)41-26-30-14-7-4-8-15-30)35-25-38(24-29-12-5-3-6-13-29)36-19-10-9-18-33(35)36/h3-20,25,27-28,34H,21-24,26H2,1-2H3/t27-,28+,34-/m1/s1. The molecule has 1 saturated heterocycles. The molecule has 4 aromatic carbocycles. The van der Waals surface area contributed by atoms with E-state index >= 15 is 0 Å². The second kappa shape index (κ2) is 12.7. The highest BCUT2D eigenvalue weighted by molar-refractivity contribution is 5.87. The monoisotopic (exact) mass is 558 g/mol. The lowest BCUT2D eigenvalue weighted by Gasteiger charge is -2.36. The van der Waals surface area contributed by atoms with Crippen LogP contribution in [0.2, 0.25) is 0 Å². The third kappa shape index (κ3) is 6.42. The molecular weight excluding hydrogens is 520 g/mol. The SMILES string of the molecule is C[C@@H]1CN(C(=O)C[C@H](c2cccc(OCc3ccccc3)c2)c2cn(Cc3ccccc3)c3ccccc23)C[C@H](C)O1. The number of ether oxygens (including phenoxy) is 2. The Labute approximate surface area is 248 Å². The minimum absolute atomic E-state index is 0.0265. The summed E-state index contributed by atoms with van der Waals surface area (Å²) in [5.41, 5.74) is 5.76. The van der Waals surface area contributed by atoms with Crippen LogP contribution in [0.15, 0.2) is 115 Å². The van der Waals surface area contributed by atoms with Crippen molar-refractivity contribution in [3.63, 3.8) is 0 Å². The van der Waals surface area contributed by atoms with E-state index in [2.05, 4.69) is 83.6 Å². The third-order valence-electron chi connectivity index (χ3n) is 8.05. The number of hydrogen-bond donors (Lipinski definition) is 0. The lowest BCUT2D eigenvalue weighted by Crippen LogP contribution is -2.48. The molecule has 42 heavy (non-hydrogen) atoms. The average Bonchev–Trinajstić information content (AvgIpc) is 3.37. The minimum atomic E-state index is -0.131. The number of aromatic nitrogens is 1. The van der Waals surface area contributed by atoms with Gasteiger partial charge in [-0.05, 0) is 54.3 Å². The number of benzene rings is 4.